The molecule has 2 unspecified atom stereocenters. The predicted molar refractivity (Wildman–Crippen MR) is 63.3 cm³/mol. The molecule has 0 aliphatic carbocycles. The van der Waals surface area contributed by atoms with Crippen LogP contribution in [0.15, 0.2) is 0 Å². The van der Waals surface area contributed by atoms with E-state index < -0.39 is 37.7 Å². The van der Waals surface area contributed by atoms with Gasteiger partial charge in [-0.1, -0.05) is 0 Å². The minimum atomic E-state index is -4.22. The summed E-state index contributed by atoms with van der Waals surface area (Å²) in [5, 5.41) is 14.7. The minimum Gasteiger partial charge on any atom is -0.797 e. The van der Waals surface area contributed by atoms with Gasteiger partial charge in [-0.15, -0.1) is 0 Å². The third kappa shape index (κ3) is 5.70. The molecule has 2 atom stereocenters. The molecule has 9 heteroatoms. The average Bonchev–Trinajstić information content (AvgIpc) is 1.97. The molecule has 0 aromatic heterocycles. The standard InChI is InChI=1S/C8H20O6P2.Mg/c1-7(2,9)15(11,12)5-6-16(13,14)8(3,4)10;/h9-10H,5-6H2,1-4H3,(H,11,12)(H,13,14);/q;+2/p-2. The molecule has 0 bridgehead atoms. The van der Waals surface area contributed by atoms with Gasteiger partial charge >= 0.3 is 23.1 Å². The number of hydrogen-bond acceptors (Lipinski definition) is 6. The molecular weight excluding hydrogens is 278 g/mol. The summed E-state index contributed by atoms with van der Waals surface area (Å²) in [5.41, 5.74) is 0. The first kappa shape index (κ1) is 20.4. The fourth-order valence-corrected chi connectivity index (χ4v) is 4.01. The van der Waals surface area contributed by atoms with Gasteiger partial charge in [-0.2, -0.15) is 0 Å². The molecule has 0 radical (unpaired) electrons. The summed E-state index contributed by atoms with van der Waals surface area (Å²) in [4.78, 5) is 22.9. The van der Waals surface area contributed by atoms with Crippen molar-refractivity contribution in [1.29, 1.82) is 0 Å². The summed E-state index contributed by atoms with van der Waals surface area (Å²) in [6.07, 6.45) is -1.36. The van der Waals surface area contributed by atoms with Crippen molar-refractivity contribution < 1.29 is 29.1 Å². The molecule has 0 aliphatic rings. The van der Waals surface area contributed by atoms with Crippen LogP contribution in [0.25, 0.3) is 0 Å². The summed E-state index contributed by atoms with van der Waals surface area (Å²) >= 11 is 0. The second-order valence-corrected chi connectivity index (χ2v) is 10.6. The maximum atomic E-state index is 11.5. The van der Waals surface area contributed by atoms with Gasteiger partial charge in [-0.3, -0.25) is 0 Å². The van der Waals surface area contributed by atoms with Gasteiger partial charge in [0.2, 0.25) is 0 Å². The third-order valence-corrected chi connectivity index (χ3v) is 7.67. The molecule has 0 saturated heterocycles. The van der Waals surface area contributed by atoms with Crippen molar-refractivity contribution in [2.24, 2.45) is 0 Å². The molecule has 98 valence electrons. The van der Waals surface area contributed by atoms with Gasteiger partial charge in [0.25, 0.3) is 0 Å². The largest absolute Gasteiger partial charge is 2.00 e. The Morgan fingerprint density at radius 3 is 1.18 bits per heavy atom. The first-order chi connectivity index (χ1) is 6.71. The molecule has 17 heavy (non-hydrogen) atoms. The van der Waals surface area contributed by atoms with E-state index in [1.807, 2.05) is 0 Å². The zero-order chi connectivity index (χ0) is 13.4. The van der Waals surface area contributed by atoms with E-state index in [2.05, 4.69) is 0 Å². The second kappa shape index (κ2) is 6.01. The van der Waals surface area contributed by atoms with Gasteiger partial charge in [-0.05, 0) is 40.0 Å². The average molecular weight is 296 g/mol. The van der Waals surface area contributed by atoms with Crippen LogP contribution in [0.5, 0.6) is 0 Å². The van der Waals surface area contributed by atoms with Crippen LogP contribution in [-0.2, 0) is 9.13 Å². The summed E-state index contributed by atoms with van der Waals surface area (Å²) in [5.74, 6) is 0. The van der Waals surface area contributed by atoms with E-state index in [-0.39, 0.29) is 23.1 Å². The van der Waals surface area contributed by atoms with E-state index in [4.69, 9.17) is 0 Å². The van der Waals surface area contributed by atoms with E-state index in [0.29, 0.717) is 0 Å². The number of aliphatic hydroxyl groups is 2. The first-order valence-electron chi connectivity index (χ1n) is 4.76. The Morgan fingerprint density at radius 1 is 0.882 bits per heavy atom. The third-order valence-electron chi connectivity index (χ3n) is 2.36. The van der Waals surface area contributed by atoms with Crippen LogP contribution >= 0.6 is 14.7 Å². The quantitative estimate of drug-likeness (QED) is 0.513. The maximum absolute atomic E-state index is 11.5. The van der Waals surface area contributed by atoms with Crippen molar-refractivity contribution in [3.63, 3.8) is 0 Å². The molecule has 0 saturated carbocycles. The van der Waals surface area contributed by atoms with Crippen LogP contribution in [0.4, 0.5) is 0 Å². The summed E-state index contributed by atoms with van der Waals surface area (Å²) < 4.78 is 22.9. The SMILES string of the molecule is CC(C)(O)P(=O)([O-])CCP(=O)([O-])C(C)(C)O.[Mg+2]. The summed E-state index contributed by atoms with van der Waals surface area (Å²) in [6, 6.07) is 0. The molecule has 0 amide bonds. The molecule has 0 heterocycles. The van der Waals surface area contributed by atoms with Gasteiger partial charge in [0.15, 0.2) is 0 Å². The smallest absolute Gasteiger partial charge is 0.797 e. The van der Waals surface area contributed by atoms with Gasteiger partial charge in [0, 0.05) is 14.7 Å². The Hall–Kier alpha value is 1.07. The topological polar surface area (TPSA) is 121 Å². The van der Waals surface area contributed by atoms with Crippen molar-refractivity contribution in [3.05, 3.63) is 0 Å². The van der Waals surface area contributed by atoms with Crippen LogP contribution in [0, 0.1) is 0 Å². The van der Waals surface area contributed by atoms with Crippen LogP contribution in [-0.4, -0.2) is 56.3 Å². The fraction of sp³-hybridized carbons (Fsp3) is 1.00. The predicted octanol–water partition coefficient (Wildman–Crippen LogP) is -0.661. The zero-order valence-corrected chi connectivity index (χ0v) is 13.7. The Bertz CT molecular complexity index is 309. The number of hydrogen-bond donors (Lipinski definition) is 2. The first-order valence-corrected chi connectivity index (χ1v) is 8.38. The molecule has 6 nitrogen and oxygen atoms in total. The van der Waals surface area contributed by atoms with Crippen molar-refractivity contribution in [1.82, 2.24) is 0 Å². The zero-order valence-electron chi connectivity index (χ0n) is 10.5. The monoisotopic (exact) mass is 296 g/mol. The van der Waals surface area contributed by atoms with Crippen LogP contribution in [0.2, 0.25) is 0 Å². The molecular formula is C8H18MgO6P2. The fourth-order valence-electron chi connectivity index (χ4n) is 0.811. The van der Waals surface area contributed by atoms with Gasteiger partial charge in [0.05, 0.1) is 10.7 Å². The molecule has 0 spiro atoms. The summed E-state index contributed by atoms with van der Waals surface area (Å²) in [6.45, 7) is 4.34. The van der Waals surface area contributed by atoms with E-state index in [1.165, 1.54) is 0 Å². The molecule has 0 aliphatic heterocycles. The van der Waals surface area contributed by atoms with E-state index in [9.17, 15) is 29.1 Å². The molecule has 2 N–H and O–H groups in total. The van der Waals surface area contributed by atoms with Gasteiger partial charge in [-0.25, -0.2) is 0 Å². The Kier molecular flexibility index (Phi) is 7.21. The van der Waals surface area contributed by atoms with E-state index >= 15 is 0 Å². The van der Waals surface area contributed by atoms with Crippen molar-refractivity contribution in [2.45, 2.75) is 38.4 Å². The Labute approximate surface area is 117 Å². The summed E-state index contributed by atoms with van der Waals surface area (Å²) in [7, 11) is -8.44. The Morgan fingerprint density at radius 2 is 1.06 bits per heavy atom. The molecule has 0 aromatic carbocycles. The van der Waals surface area contributed by atoms with E-state index in [0.717, 1.165) is 27.7 Å². The van der Waals surface area contributed by atoms with Crippen molar-refractivity contribution in [3.8, 4) is 0 Å². The maximum Gasteiger partial charge on any atom is 2.00 e. The van der Waals surface area contributed by atoms with Gasteiger partial charge in [0.1, 0.15) is 0 Å². The van der Waals surface area contributed by atoms with Crippen molar-refractivity contribution >= 4 is 37.8 Å². The van der Waals surface area contributed by atoms with Crippen LogP contribution in [0.1, 0.15) is 27.7 Å². The van der Waals surface area contributed by atoms with Gasteiger partial charge < -0.3 is 29.1 Å². The van der Waals surface area contributed by atoms with E-state index in [1.54, 1.807) is 0 Å². The second-order valence-electron chi connectivity index (χ2n) is 4.78. The number of rotatable bonds is 5. The molecule has 0 aromatic rings. The normalized spacial score (nSPS) is 20.0. The Balaban J connectivity index is 0. The molecule has 0 fully saturated rings. The molecule has 0 rings (SSSR count). The van der Waals surface area contributed by atoms with Crippen LogP contribution < -0.4 is 9.79 Å². The van der Waals surface area contributed by atoms with Crippen molar-refractivity contribution in [2.75, 3.05) is 12.3 Å². The van der Waals surface area contributed by atoms with Crippen LogP contribution in [0.3, 0.4) is 0 Å². The minimum absolute atomic E-state index is 0.